The molecule has 10 rings (SSSR count). The Morgan fingerprint density at radius 2 is 1.08 bits per heavy atom. The fourth-order valence-corrected chi connectivity index (χ4v) is 9.82. The summed E-state index contributed by atoms with van der Waals surface area (Å²) < 4.78 is 22.7. The Morgan fingerprint density at radius 1 is 0.635 bits per heavy atom. The zero-order chi connectivity index (χ0) is 44.0. The molecule has 0 bridgehead atoms. The normalized spacial score (nSPS) is 20.5. The number of carbonyl (C=O) groups excluding carboxylic acids is 3. The minimum absolute atomic E-state index is 0.0852. The summed E-state index contributed by atoms with van der Waals surface area (Å²) in [5.74, 6) is 1.86. The van der Waals surface area contributed by atoms with E-state index in [0.29, 0.717) is 32.3 Å². The number of amides is 4. The lowest BCUT2D eigenvalue weighted by molar-refractivity contribution is -0.140. The first kappa shape index (κ1) is 45.1. The van der Waals surface area contributed by atoms with Crippen LogP contribution in [0.25, 0.3) is 0 Å². The van der Waals surface area contributed by atoms with Gasteiger partial charge in [0.1, 0.15) is 24.7 Å². The van der Waals surface area contributed by atoms with Crippen molar-refractivity contribution in [2.75, 3.05) is 89.7 Å². The Hall–Kier alpha value is -4.51. The summed E-state index contributed by atoms with van der Waals surface area (Å²) in [4.78, 5) is 47.5. The van der Waals surface area contributed by atoms with Crippen LogP contribution >= 0.6 is 31.9 Å². The number of benzene rings is 4. The molecular formula is C48H56Br2N6O7. The van der Waals surface area contributed by atoms with E-state index in [0.717, 1.165) is 121 Å². The number of ether oxygens (including phenoxy) is 4. The lowest BCUT2D eigenvalue weighted by Gasteiger charge is -2.47. The van der Waals surface area contributed by atoms with Crippen molar-refractivity contribution in [3.63, 3.8) is 0 Å². The molecule has 6 heterocycles. The van der Waals surface area contributed by atoms with Crippen molar-refractivity contribution >= 4 is 61.1 Å². The van der Waals surface area contributed by atoms with Crippen molar-refractivity contribution in [1.82, 2.24) is 20.0 Å². The maximum atomic E-state index is 13.7. The molecule has 4 aromatic carbocycles. The van der Waals surface area contributed by atoms with Crippen LogP contribution in [0.15, 0.2) is 106 Å². The van der Waals surface area contributed by atoms with E-state index in [1.165, 1.54) is 0 Å². The minimum Gasteiger partial charge on any atom is -0.497 e. The van der Waals surface area contributed by atoms with Crippen molar-refractivity contribution in [2.24, 2.45) is 0 Å². The number of hydrogen-bond donors (Lipinski definition) is 1. The smallest absolute Gasteiger partial charge is 0.325 e. The Labute approximate surface area is 386 Å². The predicted octanol–water partition coefficient (Wildman–Crippen LogP) is 7.74. The van der Waals surface area contributed by atoms with Crippen LogP contribution in [-0.2, 0) is 27.4 Å². The van der Waals surface area contributed by atoms with Crippen LogP contribution in [0, 0.1) is 0 Å². The summed E-state index contributed by atoms with van der Waals surface area (Å²) in [7, 11) is 3.35. The van der Waals surface area contributed by atoms with Gasteiger partial charge >= 0.3 is 12.1 Å². The number of carbonyl (C=O) groups is 3. The molecule has 334 valence electrons. The summed E-state index contributed by atoms with van der Waals surface area (Å²) in [6.45, 7) is 8.92. The van der Waals surface area contributed by atoms with E-state index >= 15 is 0 Å². The molecule has 4 aromatic rings. The van der Waals surface area contributed by atoms with Crippen molar-refractivity contribution in [2.45, 2.75) is 55.9 Å². The highest BCUT2D eigenvalue weighted by Gasteiger charge is 2.52. The first-order chi connectivity index (χ1) is 30.6. The quantitative estimate of drug-likeness (QED) is 0.180. The van der Waals surface area contributed by atoms with Gasteiger partial charge in [-0.25, -0.2) is 9.59 Å². The average Bonchev–Trinajstić information content (AvgIpc) is 3.69. The molecule has 6 aliphatic rings. The Bertz CT molecular complexity index is 2210. The molecule has 15 heteroatoms. The summed E-state index contributed by atoms with van der Waals surface area (Å²) in [6, 6.07) is 32.8. The van der Waals surface area contributed by atoms with Gasteiger partial charge in [0, 0.05) is 46.5 Å². The Kier molecular flexibility index (Phi) is 14.4. The first-order valence-electron chi connectivity index (χ1n) is 21.7. The van der Waals surface area contributed by atoms with Gasteiger partial charge in [0.2, 0.25) is 0 Å². The lowest BCUT2D eigenvalue weighted by Crippen LogP contribution is -2.59. The average molecular weight is 989 g/mol. The van der Waals surface area contributed by atoms with Gasteiger partial charge in [-0.3, -0.25) is 19.5 Å². The minimum atomic E-state index is -0.158. The highest BCUT2D eigenvalue weighted by atomic mass is 79.9. The van der Waals surface area contributed by atoms with Crippen molar-refractivity contribution < 1.29 is 33.3 Å². The van der Waals surface area contributed by atoms with Gasteiger partial charge in [-0.15, -0.1) is 0 Å². The molecule has 0 unspecified atom stereocenters. The van der Waals surface area contributed by atoms with Gasteiger partial charge in [-0.05, 0) is 123 Å². The van der Waals surface area contributed by atoms with Gasteiger partial charge in [0.15, 0.2) is 5.78 Å². The molecule has 0 aliphatic carbocycles. The third-order valence-electron chi connectivity index (χ3n) is 13.1. The fourth-order valence-electron chi connectivity index (χ4n) is 9.29. The number of piperidine rings is 2. The summed E-state index contributed by atoms with van der Waals surface area (Å²) in [6.07, 6.45) is 3.89. The van der Waals surface area contributed by atoms with E-state index < -0.39 is 0 Å². The number of rotatable bonds is 9. The van der Waals surface area contributed by atoms with Crippen LogP contribution in [0.2, 0.25) is 0 Å². The molecule has 0 atom stereocenters. The van der Waals surface area contributed by atoms with E-state index in [1.54, 1.807) is 14.2 Å². The second-order valence-electron chi connectivity index (χ2n) is 17.0. The van der Waals surface area contributed by atoms with Gasteiger partial charge in [-0.2, -0.15) is 0 Å². The van der Waals surface area contributed by atoms with Gasteiger partial charge in [0.05, 0.1) is 57.6 Å². The molecule has 0 saturated carbocycles. The number of hydrogen-bond acceptors (Lipinski definition) is 9. The first-order valence-corrected chi connectivity index (χ1v) is 23.2. The number of nitrogens with one attached hydrogen (secondary N) is 1. The highest BCUT2D eigenvalue weighted by Crippen LogP contribution is 2.41. The van der Waals surface area contributed by atoms with Crippen molar-refractivity contribution in [3.8, 4) is 11.5 Å². The van der Waals surface area contributed by atoms with Crippen LogP contribution in [0.4, 0.5) is 21.0 Å². The maximum Gasteiger partial charge on any atom is 0.325 e. The second-order valence-corrected chi connectivity index (χ2v) is 18.9. The number of halogens is 2. The molecular weight excluding hydrogens is 932 g/mol. The van der Waals surface area contributed by atoms with Crippen LogP contribution < -0.4 is 24.6 Å². The fraction of sp³-hybridized carbons (Fsp3) is 0.438. The maximum absolute atomic E-state index is 13.7. The third kappa shape index (κ3) is 10.2. The molecule has 6 saturated heterocycles. The SMILES string of the molecule is COc1cccc(CN2C(=O)N(c3ccc(Br)cc3)CC23CCN(C2COC2)CC3)c1.COc1cccc(CN2C(=O)N(c3ccc(Br)cc3)CC23CCNCC3)c1.O=C1COC1. The number of anilines is 2. The van der Waals surface area contributed by atoms with E-state index in [4.69, 9.17) is 14.2 Å². The predicted molar refractivity (Wildman–Crippen MR) is 250 cm³/mol. The third-order valence-corrected chi connectivity index (χ3v) is 14.2. The topological polar surface area (TPSA) is 116 Å². The molecule has 2 spiro atoms. The summed E-state index contributed by atoms with van der Waals surface area (Å²) in [5, 5.41) is 3.43. The van der Waals surface area contributed by atoms with Crippen molar-refractivity contribution in [1.29, 1.82) is 0 Å². The van der Waals surface area contributed by atoms with E-state index in [2.05, 4.69) is 68.7 Å². The number of likely N-dealkylation sites (tertiary alicyclic amines) is 1. The Morgan fingerprint density at radius 3 is 1.46 bits per heavy atom. The molecule has 6 fully saturated rings. The van der Waals surface area contributed by atoms with E-state index in [1.807, 2.05) is 94.7 Å². The molecule has 13 nitrogen and oxygen atoms in total. The highest BCUT2D eigenvalue weighted by molar-refractivity contribution is 9.10. The zero-order valence-corrected chi connectivity index (χ0v) is 39.2. The largest absolute Gasteiger partial charge is 0.497 e. The van der Waals surface area contributed by atoms with Crippen LogP contribution in [0.1, 0.15) is 36.8 Å². The number of nitrogens with zero attached hydrogens (tertiary/aromatic N) is 5. The number of Topliss-reactive ketones (excluding diaryl/α,β-unsaturated/α-hetero) is 1. The van der Waals surface area contributed by atoms with Crippen LogP contribution in [-0.4, -0.2) is 130 Å². The summed E-state index contributed by atoms with van der Waals surface area (Å²) in [5.41, 5.74) is 3.81. The van der Waals surface area contributed by atoms with Gasteiger partial charge < -0.3 is 34.1 Å². The van der Waals surface area contributed by atoms with Gasteiger partial charge in [-0.1, -0.05) is 56.1 Å². The number of methoxy groups -OCH3 is 2. The molecule has 63 heavy (non-hydrogen) atoms. The lowest BCUT2D eigenvalue weighted by atomic mass is 9.85. The molecule has 0 radical (unpaired) electrons. The number of ketones is 1. The molecule has 1 N–H and O–H groups in total. The van der Waals surface area contributed by atoms with E-state index in [-0.39, 0.29) is 28.9 Å². The standard InChI is InChI=1S/C24H28BrN3O3.C21H24BrN3O2.C3H4O2/c1-30-22-4-2-3-18(13-22)14-28-23(29)27(20-7-5-19(25)6-8-20)17-24(28)9-11-26(12-10-24)21-15-31-16-21;1-27-19-4-2-3-16(13-19)14-25-20(26)24(18-7-5-17(22)6-8-18)15-21(25)9-11-23-12-10-21;4-3-1-5-2-3/h2-8,13,21H,9-12,14-17H2,1H3;2-8,13,23H,9-12,14-15H2,1H3;1-2H2. The van der Waals surface area contributed by atoms with Crippen LogP contribution in [0.5, 0.6) is 11.5 Å². The monoisotopic (exact) mass is 986 g/mol. The molecule has 6 aliphatic heterocycles. The number of urea groups is 2. The Balaban J connectivity index is 0.000000157. The molecule has 0 aromatic heterocycles. The second kappa shape index (κ2) is 20.1. The van der Waals surface area contributed by atoms with Crippen LogP contribution in [0.3, 0.4) is 0 Å². The zero-order valence-electron chi connectivity index (χ0n) is 36.0. The van der Waals surface area contributed by atoms with Crippen molar-refractivity contribution in [3.05, 3.63) is 117 Å². The van der Waals surface area contributed by atoms with Gasteiger partial charge in [0.25, 0.3) is 0 Å². The van der Waals surface area contributed by atoms with E-state index in [9.17, 15) is 14.4 Å². The summed E-state index contributed by atoms with van der Waals surface area (Å²) >= 11 is 6.97. The molecule has 4 amide bonds.